The molecule has 4 N–H and O–H groups in total. The molecule has 0 saturated carbocycles. The fourth-order valence-electron chi connectivity index (χ4n) is 1.57. The van der Waals surface area contributed by atoms with Crippen LogP contribution in [0.4, 0.5) is 10.5 Å². The van der Waals surface area contributed by atoms with Gasteiger partial charge in [0, 0.05) is 12.7 Å². The molecule has 0 aliphatic carbocycles. The Kier molecular flexibility index (Phi) is 7.18. The third kappa shape index (κ3) is 4.58. The first-order chi connectivity index (χ1) is 8.27. The van der Waals surface area contributed by atoms with Gasteiger partial charge in [0.1, 0.15) is 0 Å². The summed E-state index contributed by atoms with van der Waals surface area (Å²) in [5.41, 5.74) is 1.81. The number of para-hydroxylation sites is 1. The second-order valence-corrected chi connectivity index (χ2v) is 3.79. The Hall–Kier alpha value is -2.11. The molecule has 0 heterocycles. The Balaban J connectivity index is 0.00000162. The minimum Gasteiger partial charge on any atom is -0.412 e. The summed E-state index contributed by atoms with van der Waals surface area (Å²) in [4.78, 5) is 13.6. The van der Waals surface area contributed by atoms with E-state index in [2.05, 4.69) is 0 Å². The zero-order valence-electron chi connectivity index (χ0n) is 10.7. The van der Waals surface area contributed by atoms with Crippen LogP contribution < -0.4 is 10.4 Å². The summed E-state index contributed by atoms with van der Waals surface area (Å²) >= 11 is 0. The number of nitrogens with zero attached hydrogens (tertiary/aromatic N) is 1. The van der Waals surface area contributed by atoms with E-state index < -0.39 is 0 Å². The lowest BCUT2D eigenvalue weighted by Crippen LogP contribution is -2.35. The highest BCUT2D eigenvalue weighted by Gasteiger charge is 2.12. The van der Waals surface area contributed by atoms with Gasteiger partial charge in [-0.3, -0.25) is 4.79 Å². The van der Waals surface area contributed by atoms with E-state index in [4.69, 9.17) is 0 Å². The van der Waals surface area contributed by atoms with Crippen LogP contribution >= 0.6 is 0 Å². The smallest absolute Gasteiger partial charge is 0.272 e. The van der Waals surface area contributed by atoms with Crippen molar-refractivity contribution in [2.75, 3.05) is 11.9 Å². The zero-order chi connectivity index (χ0) is 12.1. The summed E-state index contributed by atoms with van der Waals surface area (Å²) in [6.45, 7) is 0. The lowest BCUT2D eigenvalue weighted by Gasteiger charge is -2.17. The molecule has 0 aromatic heterocycles. The van der Waals surface area contributed by atoms with Crippen LogP contribution in [0.1, 0.15) is 0 Å². The lowest BCUT2D eigenvalue weighted by molar-refractivity contribution is 0.264. The minimum absolute atomic E-state index is 0. The van der Waals surface area contributed by atoms with Gasteiger partial charge in [0.05, 0.1) is 0 Å². The second kappa shape index (κ2) is 8.08. The van der Waals surface area contributed by atoms with E-state index in [-0.39, 0.29) is 16.8 Å². The number of rotatable bonds is 3. The van der Waals surface area contributed by atoms with Gasteiger partial charge >= 0.3 is 0 Å². The van der Waals surface area contributed by atoms with E-state index in [1.165, 1.54) is 0 Å². The topological polar surface area (TPSA) is 83.3 Å². The Labute approximate surface area is 113 Å². The van der Waals surface area contributed by atoms with E-state index in [0.29, 0.717) is 0 Å². The van der Waals surface area contributed by atoms with Crippen molar-refractivity contribution in [3.05, 3.63) is 60.7 Å². The Morgan fingerprint density at radius 1 is 0.895 bits per heavy atom. The zero-order valence-corrected chi connectivity index (χ0v) is 10.7. The molecule has 2 rings (SSSR count). The predicted octanol–water partition coefficient (Wildman–Crippen LogP) is 0.623. The molecule has 99 valence electrons. The van der Waals surface area contributed by atoms with Gasteiger partial charge in [0.2, 0.25) is 0 Å². The molecular formula is C14H17BNO3. The molecule has 0 fully saturated rings. The van der Waals surface area contributed by atoms with Gasteiger partial charge < -0.3 is 15.9 Å². The Morgan fingerprint density at radius 2 is 1.37 bits per heavy atom. The number of amides is 1. The van der Waals surface area contributed by atoms with Gasteiger partial charge in [-0.2, -0.15) is 0 Å². The van der Waals surface area contributed by atoms with Crippen molar-refractivity contribution in [1.29, 1.82) is 0 Å². The Morgan fingerprint density at radius 3 is 1.89 bits per heavy atom. The summed E-state index contributed by atoms with van der Waals surface area (Å²) in [5.74, 6) is -0.0256. The highest BCUT2D eigenvalue weighted by Crippen LogP contribution is 2.10. The highest BCUT2D eigenvalue weighted by atomic mass is 16.1. The first-order valence-electron chi connectivity index (χ1n) is 5.50. The summed E-state index contributed by atoms with van der Waals surface area (Å²) in [6, 6.07) is 19.2. The molecule has 1 radical (unpaired) electrons. The number of hydrogen-bond donors (Lipinski definition) is 0. The molecule has 0 saturated heterocycles. The van der Waals surface area contributed by atoms with Crippen molar-refractivity contribution in [2.24, 2.45) is 0 Å². The largest absolute Gasteiger partial charge is 0.412 e. The molecule has 0 spiro atoms. The number of hydrogen-bond acceptors (Lipinski definition) is 1. The van der Waals surface area contributed by atoms with Gasteiger partial charge in [0.15, 0.2) is 5.81 Å². The SMILES string of the molecule is CN(C(=O)[B]c1ccccc1)c1ccccc1.O.O. The average Bonchev–Trinajstić information content (AvgIpc) is 2.40. The number of benzene rings is 2. The van der Waals surface area contributed by atoms with E-state index in [9.17, 15) is 4.79 Å². The van der Waals surface area contributed by atoms with E-state index in [0.717, 1.165) is 11.2 Å². The van der Waals surface area contributed by atoms with Gasteiger partial charge in [-0.25, -0.2) is 0 Å². The van der Waals surface area contributed by atoms with Crippen LogP contribution in [0, 0.1) is 0 Å². The predicted molar refractivity (Wildman–Crippen MR) is 79.3 cm³/mol. The van der Waals surface area contributed by atoms with Crippen molar-refractivity contribution >= 4 is 24.2 Å². The standard InChI is InChI=1S/C14H13BNO.2H2O/c1-16(13-10-6-3-7-11-13)14(17)15-12-8-4-2-5-9-12;;/h2-11H,1H3;2*1H2. The van der Waals surface area contributed by atoms with Crippen LogP contribution in [0.25, 0.3) is 0 Å². The van der Waals surface area contributed by atoms with Crippen LogP contribution in [-0.2, 0) is 0 Å². The molecule has 1 amide bonds. The first-order valence-corrected chi connectivity index (χ1v) is 5.50. The third-order valence-corrected chi connectivity index (χ3v) is 2.56. The molecule has 0 aliphatic heterocycles. The van der Waals surface area contributed by atoms with E-state index in [1.54, 1.807) is 19.2 Å². The fraction of sp³-hybridized carbons (Fsp3) is 0.0714. The summed E-state index contributed by atoms with van der Waals surface area (Å²) < 4.78 is 0. The van der Waals surface area contributed by atoms with Crippen molar-refractivity contribution in [2.45, 2.75) is 0 Å². The van der Waals surface area contributed by atoms with Gasteiger partial charge in [-0.05, 0) is 12.1 Å². The maximum atomic E-state index is 12.0. The molecule has 0 unspecified atom stereocenters. The van der Waals surface area contributed by atoms with Crippen molar-refractivity contribution in [1.82, 2.24) is 0 Å². The molecule has 19 heavy (non-hydrogen) atoms. The second-order valence-electron chi connectivity index (χ2n) is 3.79. The number of anilines is 1. The molecule has 0 atom stereocenters. The van der Waals surface area contributed by atoms with Gasteiger partial charge in [0.25, 0.3) is 7.28 Å². The van der Waals surface area contributed by atoms with Crippen molar-refractivity contribution in [3.8, 4) is 0 Å². The summed E-state index contributed by atoms with van der Waals surface area (Å²) in [5, 5.41) is 0. The molecule has 0 aliphatic rings. The normalized spacial score (nSPS) is 8.68. The van der Waals surface area contributed by atoms with Crippen LogP contribution in [0.3, 0.4) is 0 Å². The summed E-state index contributed by atoms with van der Waals surface area (Å²) in [7, 11) is 3.41. The minimum atomic E-state index is -0.0256. The van der Waals surface area contributed by atoms with Crippen LogP contribution in [0.15, 0.2) is 60.7 Å². The van der Waals surface area contributed by atoms with Crippen molar-refractivity contribution < 1.29 is 15.7 Å². The number of carbonyl (C=O) groups is 1. The van der Waals surface area contributed by atoms with Crippen LogP contribution in [0.2, 0.25) is 0 Å². The monoisotopic (exact) mass is 258 g/mol. The molecule has 4 nitrogen and oxygen atoms in total. The maximum Gasteiger partial charge on any atom is 0.272 e. The van der Waals surface area contributed by atoms with E-state index in [1.807, 2.05) is 60.7 Å². The van der Waals surface area contributed by atoms with E-state index >= 15 is 0 Å². The first kappa shape index (κ1) is 16.9. The number of carbonyl (C=O) groups excluding carboxylic acids is 1. The summed E-state index contributed by atoms with van der Waals surface area (Å²) in [6.07, 6.45) is 0. The fourth-order valence-corrected chi connectivity index (χ4v) is 1.57. The Bertz CT molecular complexity index is 491. The van der Waals surface area contributed by atoms with Gasteiger partial charge in [-0.1, -0.05) is 54.0 Å². The van der Waals surface area contributed by atoms with Crippen LogP contribution in [0.5, 0.6) is 0 Å². The third-order valence-electron chi connectivity index (χ3n) is 2.56. The molecule has 0 bridgehead atoms. The van der Waals surface area contributed by atoms with Crippen molar-refractivity contribution in [3.63, 3.8) is 0 Å². The molecule has 2 aromatic carbocycles. The average molecular weight is 258 g/mol. The van der Waals surface area contributed by atoms with Crippen LogP contribution in [-0.4, -0.2) is 31.1 Å². The highest BCUT2D eigenvalue weighted by molar-refractivity contribution is 6.85. The van der Waals surface area contributed by atoms with Gasteiger partial charge in [-0.15, -0.1) is 0 Å². The quantitative estimate of drug-likeness (QED) is 0.743. The molecule has 5 heteroatoms. The maximum absolute atomic E-state index is 12.0. The molecule has 2 aromatic rings. The lowest BCUT2D eigenvalue weighted by atomic mass is 9.69. The molecular weight excluding hydrogens is 241 g/mol.